The van der Waals surface area contributed by atoms with Crippen LogP contribution in [0.1, 0.15) is 37.8 Å². The molecule has 0 radical (unpaired) electrons. The number of hydrogen-bond acceptors (Lipinski definition) is 8. The molecule has 2 unspecified atom stereocenters. The van der Waals surface area contributed by atoms with Crippen LogP contribution < -0.4 is 22.8 Å². The fraction of sp³-hybridized carbons (Fsp3) is 0.432. The minimum Gasteiger partial charge on any atom is -0.493 e. The Balaban J connectivity index is 1.15. The van der Waals surface area contributed by atoms with E-state index >= 15 is 0 Å². The van der Waals surface area contributed by atoms with Gasteiger partial charge >= 0.3 is 5.91 Å². The monoisotopic (exact) mass is 664 g/mol. The first-order chi connectivity index (χ1) is 22.7. The van der Waals surface area contributed by atoms with Gasteiger partial charge in [0.05, 0.1) is 32.1 Å². The van der Waals surface area contributed by atoms with Crippen LogP contribution >= 0.6 is 11.9 Å². The molecule has 2 heterocycles. The Labute approximate surface area is 282 Å². The van der Waals surface area contributed by atoms with Crippen LogP contribution in [0.15, 0.2) is 71.6 Å². The van der Waals surface area contributed by atoms with E-state index in [4.69, 9.17) is 18.9 Å². The minimum atomic E-state index is -0.386. The zero-order valence-corrected chi connectivity index (χ0v) is 29.1. The number of amides is 1. The Morgan fingerprint density at radius 2 is 1.60 bits per heavy atom. The third-order valence-corrected chi connectivity index (χ3v) is 10.8. The van der Waals surface area contributed by atoms with Crippen molar-refractivity contribution < 1.29 is 28.1 Å². The second-order valence-corrected chi connectivity index (χ2v) is 13.5. The van der Waals surface area contributed by atoms with Crippen molar-refractivity contribution in [3.63, 3.8) is 0 Å². The number of methoxy groups -OCH3 is 3. The van der Waals surface area contributed by atoms with Gasteiger partial charge in [0, 0.05) is 45.3 Å². The lowest BCUT2D eigenvalue weighted by Gasteiger charge is -2.42. The van der Waals surface area contributed by atoms with Crippen LogP contribution in [0.5, 0.6) is 23.0 Å². The fourth-order valence-corrected chi connectivity index (χ4v) is 7.91. The number of hydrogen-bond donors (Lipinski definition) is 0. The van der Waals surface area contributed by atoms with Crippen molar-refractivity contribution in [1.82, 2.24) is 13.7 Å². The molecule has 0 bridgehead atoms. The molecule has 8 nitrogen and oxygen atoms in total. The van der Waals surface area contributed by atoms with Gasteiger partial charge in [0.15, 0.2) is 22.9 Å². The molecule has 0 aromatic heterocycles. The molecule has 2 atom stereocenters. The van der Waals surface area contributed by atoms with Crippen molar-refractivity contribution in [2.45, 2.75) is 44.0 Å². The molecule has 1 fully saturated rings. The van der Waals surface area contributed by atoms with E-state index in [-0.39, 0.29) is 27.6 Å². The highest BCUT2D eigenvalue weighted by molar-refractivity contribution is 7.99. The SMILES string of the molecule is COc1cc(CCN2CCN(CC=CCOc3ccc(F)cc3[N+]3(C(C)C)Sc4ccccc4C(C)C3=O)CC2)cc(OC)c1OC. The van der Waals surface area contributed by atoms with Crippen LogP contribution in [0, 0.1) is 5.82 Å². The highest BCUT2D eigenvalue weighted by Gasteiger charge is 2.53. The standard InChI is InChI=1S/C37H47FN3O5S/c1-26(2)41(37(42)27(3)30-11-7-8-12-35(30)47-41)31-25-29(38)13-14-32(31)46-22-10-9-16-39-18-20-40(21-19-39)17-15-28-23-33(43-4)36(45-6)34(24-28)44-5/h7-14,23-27H,15-22H2,1-6H3/q+1. The summed E-state index contributed by atoms with van der Waals surface area (Å²) in [7, 11) is 4.89. The molecule has 3 aromatic rings. The molecule has 47 heavy (non-hydrogen) atoms. The largest absolute Gasteiger partial charge is 0.493 e. The molecule has 0 aliphatic carbocycles. The van der Waals surface area contributed by atoms with E-state index < -0.39 is 0 Å². The summed E-state index contributed by atoms with van der Waals surface area (Å²) in [6, 6.07) is 16.4. The third-order valence-electron chi connectivity index (χ3n) is 9.10. The third kappa shape index (κ3) is 7.46. The fourth-order valence-electron chi connectivity index (χ4n) is 6.41. The number of carbonyl (C=O) groups excluding carboxylic acids is 1. The topological polar surface area (TPSA) is 60.5 Å². The molecule has 1 saturated heterocycles. The van der Waals surface area contributed by atoms with Gasteiger partial charge in [-0.25, -0.2) is 9.18 Å². The minimum absolute atomic E-state index is 0.0253. The summed E-state index contributed by atoms with van der Waals surface area (Å²) in [5.41, 5.74) is 2.71. The zero-order chi connectivity index (χ0) is 33.6. The van der Waals surface area contributed by atoms with E-state index in [1.54, 1.807) is 27.4 Å². The maximum Gasteiger partial charge on any atom is 0.338 e. The smallest absolute Gasteiger partial charge is 0.338 e. The quantitative estimate of drug-likeness (QED) is 0.114. The van der Waals surface area contributed by atoms with Gasteiger partial charge in [0.1, 0.15) is 30.4 Å². The zero-order valence-electron chi connectivity index (χ0n) is 28.3. The molecule has 5 rings (SSSR count). The van der Waals surface area contributed by atoms with Crippen molar-refractivity contribution >= 4 is 23.5 Å². The maximum absolute atomic E-state index is 14.7. The highest BCUT2D eigenvalue weighted by atomic mass is 32.2. The lowest BCUT2D eigenvalue weighted by Crippen LogP contribution is -2.56. The Hall–Kier alpha value is -3.57. The molecule has 252 valence electrons. The summed E-state index contributed by atoms with van der Waals surface area (Å²) < 4.78 is 37.4. The number of ether oxygens (including phenoxy) is 4. The number of carbonyl (C=O) groups is 1. The molecule has 2 aliphatic rings. The average Bonchev–Trinajstić information content (AvgIpc) is 3.09. The summed E-state index contributed by atoms with van der Waals surface area (Å²) in [5, 5.41) is 0. The number of quaternary nitrogens is 1. The molecule has 1 amide bonds. The van der Waals surface area contributed by atoms with Crippen LogP contribution in [0.4, 0.5) is 10.1 Å². The number of piperazine rings is 1. The summed E-state index contributed by atoms with van der Waals surface area (Å²) in [5.74, 6) is 1.82. The molecule has 0 spiro atoms. The van der Waals surface area contributed by atoms with Gasteiger partial charge in [-0.05, 0) is 68.7 Å². The van der Waals surface area contributed by atoms with Crippen LogP contribution in [0.3, 0.4) is 0 Å². The van der Waals surface area contributed by atoms with Gasteiger partial charge in [-0.3, -0.25) is 4.90 Å². The van der Waals surface area contributed by atoms with Crippen molar-refractivity contribution in [2.75, 3.05) is 67.2 Å². The summed E-state index contributed by atoms with van der Waals surface area (Å²) in [6.45, 7) is 12.0. The lowest BCUT2D eigenvalue weighted by molar-refractivity contribution is -0.128. The van der Waals surface area contributed by atoms with Crippen molar-refractivity contribution in [1.29, 1.82) is 0 Å². The van der Waals surface area contributed by atoms with Crippen LogP contribution in [-0.2, 0) is 11.2 Å². The highest BCUT2D eigenvalue weighted by Crippen LogP contribution is 2.52. The lowest BCUT2D eigenvalue weighted by atomic mass is 9.98. The Bertz CT molecular complexity index is 1550. The molecule has 2 aliphatic heterocycles. The summed E-state index contributed by atoms with van der Waals surface area (Å²) in [4.78, 5) is 20.0. The van der Waals surface area contributed by atoms with Gasteiger partial charge in [0.25, 0.3) is 0 Å². The van der Waals surface area contributed by atoms with Crippen LogP contribution in [0.25, 0.3) is 0 Å². The van der Waals surface area contributed by atoms with E-state index in [0.29, 0.717) is 35.3 Å². The number of halogens is 1. The molecular weight excluding hydrogens is 617 g/mol. The second-order valence-electron chi connectivity index (χ2n) is 12.3. The van der Waals surface area contributed by atoms with Gasteiger partial charge in [-0.2, -0.15) is 3.89 Å². The molecule has 3 aromatic carbocycles. The summed E-state index contributed by atoms with van der Waals surface area (Å²) in [6.07, 6.45) is 5.03. The van der Waals surface area contributed by atoms with Crippen molar-refractivity contribution in [2.24, 2.45) is 0 Å². The molecular formula is C37H47FN3O5S+. The average molecular weight is 665 g/mol. The van der Waals surface area contributed by atoms with E-state index in [1.165, 1.54) is 24.1 Å². The van der Waals surface area contributed by atoms with E-state index in [9.17, 15) is 9.18 Å². The van der Waals surface area contributed by atoms with Gasteiger partial charge in [-0.1, -0.05) is 30.4 Å². The first-order valence-corrected chi connectivity index (χ1v) is 17.0. The second kappa shape index (κ2) is 15.6. The van der Waals surface area contributed by atoms with Gasteiger partial charge in [-0.15, -0.1) is 0 Å². The number of fused-ring (bicyclic) bond motifs is 1. The van der Waals surface area contributed by atoms with Crippen LogP contribution in [-0.4, -0.2) is 89.0 Å². The van der Waals surface area contributed by atoms with Crippen molar-refractivity contribution in [3.05, 3.63) is 83.7 Å². The Morgan fingerprint density at radius 1 is 0.915 bits per heavy atom. The Kier molecular flexibility index (Phi) is 11.5. The predicted octanol–water partition coefficient (Wildman–Crippen LogP) is 6.71. The predicted molar refractivity (Wildman–Crippen MR) is 186 cm³/mol. The van der Waals surface area contributed by atoms with Gasteiger partial charge < -0.3 is 23.8 Å². The molecule has 0 saturated carbocycles. The molecule has 10 heteroatoms. The van der Waals surface area contributed by atoms with E-state index in [2.05, 4.69) is 15.9 Å². The number of nitrogens with zero attached hydrogens (tertiary/aromatic N) is 3. The first kappa shape index (κ1) is 34.8. The van der Waals surface area contributed by atoms with E-state index in [1.807, 2.05) is 63.2 Å². The maximum atomic E-state index is 14.7. The summed E-state index contributed by atoms with van der Waals surface area (Å²) >= 11 is 1.47. The van der Waals surface area contributed by atoms with Crippen molar-refractivity contribution in [3.8, 4) is 23.0 Å². The van der Waals surface area contributed by atoms with Gasteiger partial charge in [0.2, 0.25) is 5.75 Å². The van der Waals surface area contributed by atoms with Crippen LogP contribution in [0.2, 0.25) is 0 Å². The molecule has 0 N–H and O–H groups in total. The van der Waals surface area contributed by atoms with E-state index in [0.717, 1.165) is 61.7 Å². The first-order valence-electron chi connectivity index (χ1n) is 16.2. The number of benzene rings is 3. The normalized spacial score (nSPS) is 20.4. The Morgan fingerprint density at radius 3 is 2.26 bits per heavy atom. The number of rotatable bonds is 13.